The van der Waals surface area contributed by atoms with Crippen molar-refractivity contribution in [3.63, 3.8) is 0 Å². The van der Waals surface area contributed by atoms with Crippen molar-refractivity contribution in [1.29, 1.82) is 0 Å². The molecular weight excluding hydrogens is 350 g/mol. The van der Waals surface area contributed by atoms with Crippen molar-refractivity contribution in [3.05, 3.63) is 88.6 Å². The maximum Gasteiger partial charge on any atom is 0.256 e. The van der Waals surface area contributed by atoms with Crippen LogP contribution in [0.4, 0.5) is 11.5 Å². The lowest BCUT2D eigenvalue weighted by atomic mass is 10.1. The van der Waals surface area contributed by atoms with Gasteiger partial charge < -0.3 is 10.6 Å². The van der Waals surface area contributed by atoms with Crippen LogP contribution in [0.25, 0.3) is 0 Å². The Morgan fingerprint density at radius 1 is 0.885 bits per heavy atom. The standard InChI is InChI=1S/C20H16ClN3O2/c1-13-8-9-22-18(10-13)24-20(26)15-5-3-7-17(12-15)23-19(25)14-4-2-6-16(21)11-14/h2-12H,1H3,(H,23,25)(H,22,24,26). The molecule has 1 aromatic heterocycles. The van der Waals surface area contributed by atoms with Crippen molar-refractivity contribution in [2.45, 2.75) is 6.92 Å². The van der Waals surface area contributed by atoms with E-state index < -0.39 is 0 Å². The minimum absolute atomic E-state index is 0.301. The molecule has 3 aromatic rings. The number of halogens is 1. The van der Waals surface area contributed by atoms with Crippen LogP contribution in [-0.4, -0.2) is 16.8 Å². The van der Waals surface area contributed by atoms with Gasteiger partial charge in [0, 0.05) is 28.0 Å². The number of pyridine rings is 1. The molecule has 1 heterocycles. The zero-order chi connectivity index (χ0) is 18.5. The minimum Gasteiger partial charge on any atom is -0.322 e. The Labute approximate surface area is 156 Å². The largest absolute Gasteiger partial charge is 0.322 e. The van der Waals surface area contributed by atoms with Gasteiger partial charge in [-0.2, -0.15) is 0 Å². The molecule has 0 aliphatic carbocycles. The number of benzene rings is 2. The number of carbonyl (C=O) groups is 2. The maximum atomic E-state index is 12.4. The number of nitrogens with one attached hydrogen (secondary N) is 2. The van der Waals surface area contributed by atoms with E-state index in [0.717, 1.165) is 5.56 Å². The van der Waals surface area contributed by atoms with Gasteiger partial charge in [-0.25, -0.2) is 4.98 Å². The van der Waals surface area contributed by atoms with Crippen LogP contribution in [-0.2, 0) is 0 Å². The zero-order valence-corrected chi connectivity index (χ0v) is 14.7. The number of carbonyl (C=O) groups excluding carboxylic acids is 2. The molecule has 2 amide bonds. The molecular formula is C20H16ClN3O2. The molecule has 2 aromatic carbocycles. The Hall–Kier alpha value is -3.18. The average Bonchev–Trinajstić information content (AvgIpc) is 2.62. The topological polar surface area (TPSA) is 71.1 Å². The molecule has 5 nitrogen and oxygen atoms in total. The number of anilines is 2. The van der Waals surface area contributed by atoms with Crippen molar-refractivity contribution in [3.8, 4) is 0 Å². The van der Waals surface area contributed by atoms with Crippen LogP contribution >= 0.6 is 11.6 Å². The van der Waals surface area contributed by atoms with Gasteiger partial charge in [-0.3, -0.25) is 9.59 Å². The monoisotopic (exact) mass is 365 g/mol. The van der Waals surface area contributed by atoms with Crippen LogP contribution in [0.1, 0.15) is 26.3 Å². The Bertz CT molecular complexity index is 973. The lowest BCUT2D eigenvalue weighted by Gasteiger charge is -2.09. The van der Waals surface area contributed by atoms with E-state index in [-0.39, 0.29) is 11.8 Å². The van der Waals surface area contributed by atoms with Crippen molar-refractivity contribution >= 4 is 34.9 Å². The molecule has 0 aliphatic heterocycles. The number of nitrogens with zero attached hydrogens (tertiary/aromatic N) is 1. The smallest absolute Gasteiger partial charge is 0.256 e. The maximum absolute atomic E-state index is 12.4. The SMILES string of the molecule is Cc1ccnc(NC(=O)c2cccc(NC(=O)c3cccc(Cl)c3)c2)c1. The fraction of sp³-hybridized carbons (Fsp3) is 0.0500. The van der Waals surface area contributed by atoms with Crippen molar-refractivity contribution in [2.24, 2.45) is 0 Å². The second kappa shape index (κ2) is 7.80. The molecule has 0 spiro atoms. The Balaban J connectivity index is 1.73. The molecule has 0 radical (unpaired) electrons. The Morgan fingerprint density at radius 3 is 2.31 bits per heavy atom. The van der Waals surface area contributed by atoms with E-state index in [1.807, 2.05) is 13.0 Å². The van der Waals surface area contributed by atoms with Gasteiger partial charge in [0.1, 0.15) is 5.82 Å². The summed E-state index contributed by atoms with van der Waals surface area (Å²) in [6.07, 6.45) is 1.63. The molecule has 0 fully saturated rings. The van der Waals surface area contributed by atoms with Crippen molar-refractivity contribution in [2.75, 3.05) is 10.6 Å². The molecule has 2 N–H and O–H groups in total. The van der Waals surface area contributed by atoms with Crippen molar-refractivity contribution < 1.29 is 9.59 Å². The van der Waals surface area contributed by atoms with Gasteiger partial charge in [-0.05, 0) is 61.0 Å². The van der Waals surface area contributed by atoms with E-state index in [1.54, 1.807) is 60.8 Å². The van der Waals surface area contributed by atoms with E-state index in [4.69, 9.17) is 11.6 Å². The summed E-state index contributed by atoms with van der Waals surface area (Å²) in [6, 6.07) is 17.0. The molecule has 0 bridgehead atoms. The molecule has 26 heavy (non-hydrogen) atoms. The molecule has 0 aliphatic rings. The highest BCUT2D eigenvalue weighted by molar-refractivity contribution is 6.31. The number of aryl methyl sites for hydroxylation is 1. The summed E-state index contributed by atoms with van der Waals surface area (Å²) in [6.45, 7) is 1.92. The van der Waals surface area contributed by atoms with E-state index in [1.165, 1.54) is 0 Å². The van der Waals surface area contributed by atoms with Gasteiger partial charge in [0.2, 0.25) is 0 Å². The van der Waals surface area contributed by atoms with E-state index >= 15 is 0 Å². The summed E-state index contributed by atoms with van der Waals surface area (Å²) in [7, 11) is 0. The molecule has 0 unspecified atom stereocenters. The van der Waals surface area contributed by atoms with Gasteiger partial charge >= 0.3 is 0 Å². The lowest BCUT2D eigenvalue weighted by Crippen LogP contribution is -2.15. The van der Waals surface area contributed by atoms with E-state index in [2.05, 4.69) is 15.6 Å². The third-order valence-electron chi connectivity index (χ3n) is 3.63. The van der Waals surface area contributed by atoms with Crippen LogP contribution in [0.2, 0.25) is 5.02 Å². The van der Waals surface area contributed by atoms with Gasteiger partial charge in [-0.1, -0.05) is 23.7 Å². The first-order valence-electron chi connectivity index (χ1n) is 7.92. The number of hydrogen-bond donors (Lipinski definition) is 2. The van der Waals surface area contributed by atoms with Crippen molar-refractivity contribution in [1.82, 2.24) is 4.98 Å². The molecule has 130 valence electrons. The fourth-order valence-electron chi connectivity index (χ4n) is 2.36. The first-order valence-corrected chi connectivity index (χ1v) is 8.30. The predicted octanol–water partition coefficient (Wildman–Crippen LogP) is 4.55. The summed E-state index contributed by atoms with van der Waals surface area (Å²) < 4.78 is 0. The van der Waals surface area contributed by atoms with Crippen LogP contribution in [0.15, 0.2) is 66.9 Å². The summed E-state index contributed by atoms with van der Waals surface area (Å²) in [4.78, 5) is 28.8. The van der Waals surface area contributed by atoms with Gasteiger partial charge in [0.15, 0.2) is 0 Å². The highest BCUT2D eigenvalue weighted by atomic mass is 35.5. The highest BCUT2D eigenvalue weighted by Crippen LogP contribution is 2.16. The summed E-state index contributed by atoms with van der Waals surface area (Å²) in [5, 5.41) is 5.98. The molecule has 0 saturated heterocycles. The Kier molecular flexibility index (Phi) is 5.29. The van der Waals surface area contributed by atoms with Crippen LogP contribution < -0.4 is 10.6 Å². The number of hydrogen-bond acceptors (Lipinski definition) is 3. The number of amides is 2. The predicted molar refractivity (Wildman–Crippen MR) is 103 cm³/mol. The first kappa shape index (κ1) is 17.6. The summed E-state index contributed by atoms with van der Waals surface area (Å²) >= 11 is 5.91. The van der Waals surface area contributed by atoms with E-state index in [0.29, 0.717) is 27.7 Å². The Morgan fingerprint density at radius 2 is 1.58 bits per heavy atom. The lowest BCUT2D eigenvalue weighted by molar-refractivity contribution is 0.101. The normalized spacial score (nSPS) is 10.2. The van der Waals surface area contributed by atoms with Crippen LogP contribution in [0.5, 0.6) is 0 Å². The number of rotatable bonds is 4. The second-order valence-corrected chi connectivity index (χ2v) is 6.15. The molecule has 0 saturated carbocycles. The van der Waals surface area contributed by atoms with E-state index in [9.17, 15) is 9.59 Å². The molecule has 3 rings (SSSR count). The third-order valence-corrected chi connectivity index (χ3v) is 3.86. The molecule has 0 atom stereocenters. The minimum atomic E-state index is -0.304. The molecule has 6 heteroatoms. The number of aromatic nitrogens is 1. The second-order valence-electron chi connectivity index (χ2n) is 5.72. The average molecular weight is 366 g/mol. The summed E-state index contributed by atoms with van der Waals surface area (Å²) in [5.74, 6) is -0.129. The van der Waals surface area contributed by atoms with Crippen LogP contribution in [0.3, 0.4) is 0 Å². The van der Waals surface area contributed by atoms with Gasteiger partial charge in [-0.15, -0.1) is 0 Å². The zero-order valence-electron chi connectivity index (χ0n) is 14.0. The quantitative estimate of drug-likeness (QED) is 0.712. The summed E-state index contributed by atoms with van der Waals surface area (Å²) in [5.41, 5.74) is 2.37. The van der Waals surface area contributed by atoms with Gasteiger partial charge in [0.25, 0.3) is 11.8 Å². The van der Waals surface area contributed by atoms with Gasteiger partial charge in [0.05, 0.1) is 0 Å². The third kappa shape index (κ3) is 4.46. The highest BCUT2D eigenvalue weighted by Gasteiger charge is 2.10. The van der Waals surface area contributed by atoms with Crippen LogP contribution in [0, 0.1) is 6.92 Å². The first-order chi connectivity index (χ1) is 12.5. The fourth-order valence-corrected chi connectivity index (χ4v) is 2.55.